The van der Waals surface area contributed by atoms with Crippen LogP contribution in [0, 0.1) is 13.8 Å². The third-order valence-corrected chi connectivity index (χ3v) is 5.65. The number of rotatable bonds is 5. The van der Waals surface area contributed by atoms with E-state index in [1.54, 1.807) is 7.11 Å². The lowest BCUT2D eigenvalue weighted by atomic mass is 9.87. The summed E-state index contributed by atoms with van der Waals surface area (Å²) in [6.45, 7) is 10.8. The first-order valence-corrected chi connectivity index (χ1v) is 10.9. The molecule has 0 aliphatic rings. The van der Waals surface area contributed by atoms with E-state index in [2.05, 4.69) is 41.5 Å². The minimum Gasteiger partial charge on any atom is -0.497 e. The number of amides is 1. The van der Waals surface area contributed by atoms with E-state index < -0.39 is 0 Å². The number of nitrogens with one attached hydrogen (secondary N) is 2. The molecule has 1 aromatic heterocycles. The third kappa shape index (κ3) is 6.00. The number of aliphatic imine (C=N–C) groups is 1. The largest absolute Gasteiger partial charge is 0.497 e. The predicted octanol–water partition coefficient (Wildman–Crippen LogP) is 4.74. The topological polar surface area (TPSA) is 80.5 Å². The molecule has 0 saturated heterocycles. The normalized spacial score (nSPS) is 11.9. The van der Waals surface area contributed by atoms with E-state index in [9.17, 15) is 4.79 Å². The Labute approximate surface area is 195 Å². The zero-order chi connectivity index (χ0) is 24.2. The molecule has 0 unspecified atom stereocenters. The Kier molecular flexibility index (Phi) is 7.21. The highest BCUT2D eigenvalue weighted by Crippen LogP contribution is 2.22. The average Bonchev–Trinajstić information content (AvgIpc) is 3.02. The van der Waals surface area contributed by atoms with Crippen molar-refractivity contribution >= 4 is 17.6 Å². The molecule has 7 nitrogen and oxygen atoms in total. The first kappa shape index (κ1) is 24.0. The standard InChI is InChI=1S/C26H33N5O2/c1-17-23(18(2)31(6)30-17)16-27-25(28-21-12-14-22(33-7)15-13-21)29-24(32)19-8-10-20(11-9-19)26(3,4)5/h8-15H,16H2,1-7H3,(H2,27,28,29,32). The molecule has 0 spiro atoms. The molecule has 3 aromatic rings. The smallest absolute Gasteiger partial charge is 0.257 e. The quantitative estimate of drug-likeness (QED) is 0.437. The van der Waals surface area contributed by atoms with E-state index in [0.717, 1.165) is 28.4 Å². The number of methoxy groups -OCH3 is 1. The number of nitrogens with zero attached hydrogens (tertiary/aromatic N) is 3. The van der Waals surface area contributed by atoms with Crippen molar-refractivity contribution in [1.29, 1.82) is 0 Å². The molecule has 0 aliphatic heterocycles. The number of carbonyl (C=O) groups is 1. The lowest BCUT2D eigenvalue weighted by molar-refractivity contribution is 0.0977. The van der Waals surface area contributed by atoms with E-state index >= 15 is 0 Å². The third-order valence-electron chi connectivity index (χ3n) is 5.65. The van der Waals surface area contributed by atoms with Gasteiger partial charge in [-0.15, -0.1) is 0 Å². The van der Waals surface area contributed by atoms with Crippen molar-refractivity contribution in [3.8, 4) is 5.75 Å². The summed E-state index contributed by atoms with van der Waals surface area (Å²) in [4.78, 5) is 17.7. The molecule has 0 radical (unpaired) electrons. The van der Waals surface area contributed by atoms with Crippen molar-refractivity contribution in [3.63, 3.8) is 0 Å². The number of aryl methyl sites for hydroxylation is 2. The van der Waals surface area contributed by atoms with E-state index in [0.29, 0.717) is 18.1 Å². The van der Waals surface area contributed by atoms with Crippen molar-refractivity contribution in [2.45, 2.75) is 46.6 Å². The summed E-state index contributed by atoms with van der Waals surface area (Å²) in [5.74, 6) is 0.895. The number of carbonyl (C=O) groups excluding carboxylic acids is 1. The van der Waals surface area contributed by atoms with Crippen LogP contribution in [0.2, 0.25) is 0 Å². The van der Waals surface area contributed by atoms with Crippen LogP contribution in [-0.2, 0) is 19.0 Å². The summed E-state index contributed by atoms with van der Waals surface area (Å²) in [6.07, 6.45) is 0. The van der Waals surface area contributed by atoms with Gasteiger partial charge in [-0.2, -0.15) is 5.10 Å². The maximum absolute atomic E-state index is 13.0. The fraction of sp³-hybridized carbons (Fsp3) is 0.346. The van der Waals surface area contributed by atoms with Crippen molar-refractivity contribution in [2.75, 3.05) is 12.4 Å². The van der Waals surface area contributed by atoms with Gasteiger partial charge in [0, 0.05) is 29.6 Å². The molecule has 2 aromatic carbocycles. The van der Waals surface area contributed by atoms with Gasteiger partial charge in [-0.25, -0.2) is 4.99 Å². The number of guanidine groups is 1. The summed E-state index contributed by atoms with van der Waals surface area (Å²) in [5.41, 5.74) is 5.56. The summed E-state index contributed by atoms with van der Waals surface area (Å²) in [6, 6.07) is 15.1. The second-order valence-corrected chi connectivity index (χ2v) is 9.07. The van der Waals surface area contributed by atoms with Crippen LogP contribution >= 0.6 is 0 Å². The second-order valence-electron chi connectivity index (χ2n) is 9.07. The molecular weight excluding hydrogens is 414 g/mol. The summed E-state index contributed by atoms with van der Waals surface area (Å²) >= 11 is 0. The molecule has 3 rings (SSSR count). The molecule has 0 fully saturated rings. The number of hydrogen-bond donors (Lipinski definition) is 2. The van der Waals surface area contributed by atoms with Crippen LogP contribution in [0.5, 0.6) is 5.75 Å². The first-order chi connectivity index (χ1) is 15.6. The SMILES string of the molecule is COc1ccc(NC(=NCc2c(C)nn(C)c2C)NC(=O)c2ccc(C(C)(C)C)cc2)cc1. The Morgan fingerprint density at radius 2 is 1.70 bits per heavy atom. The molecule has 0 saturated carbocycles. The minimum atomic E-state index is -0.227. The Morgan fingerprint density at radius 3 is 2.21 bits per heavy atom. The Bertz CT molecular complexity index is 1140. The van der Waals surface area contributed by atoms with Crippen molar-refractivity contribution in [3.05, 3.63) is 76.6 Å². The second kappa shape index (κ2) is 9.90. The molecule has 0 atom stereocenters. The zero-order valence-electron chi connectivity index (χ0n) is 20.5. The average molecular weight is 448 g/mol. The van der Waals surface area contributed by atoms with Crippen LogP contribution in [0.4, 0.5) is 5.69 Å². The molecule has 1 heterocycles. The van der Waals surface area contributed by atoms with Crippen LogP contribution in [0.15, 0.2) is 53.5 Å². The number of anilines is 1. The monoisotopic (exact) mass is 447 g/mol. The predicted molar refractivity (Wildman–Crippen MR) is 133 cm³/mol. The van der Waals surface area contributed by atoms with Gasteiger partial charge in [0.15, 0.2) is 0 Å². The highest BCUT2D eigenvalue weighted by Gasteiger charge is 2.16. The maximum atomic E-state index is 13.0. The van der Waals surface area contributed by atoms with Gasteiger partial charge in [0.1, 0.15) is 5.75 Å². The summed E-state index contributed by atoms with van der Waals surface area (Å²) in [5, 5.41) is 10.6. The number of benzene rings is 2. The minimum absolute atomic E-state index is 0.0248. The van der Waals surface area contributed by atoms with Crippen LogP contribution in [0.1, 0.15) is 53.6 Å². The number of ether oxygens (including phenoxy) is 1. The van der Waals surface area contributed by atoms with Crippen molar-refractivity contribution in [1.82, 2.24) is 15.1 Å². The molecular formula is C26H33N5O2. The lowest BCUT2D eigenvalue weighted by Crippen LogP contribution is -2.36. The van der Waals surface area contributed by atoms with Crippen molar-refractivity contribution < 1.29 is 9.53 Å². The van der Waals surface area contributed by atoms with Gasteiger partial charge in [0.05, 0.1) is 19.3 Å². The fourth-order valence-electron chi connectivity index (χ4n) is 3.43. The van der Waals surface area contributed by atoms with Gasteiger partial charge in [-0.3, -0.25) is 14.8 Å². The Morgan fingerprint density at radius 1 is 1.06 bits per heavy atom. The van der Waals surface area contributed by atoms with Gasteiger partial charge >= 0.3 is 0 Å². The fourth-order valence-corrected chi connectivity index (χ4v) is 3.43. The van der Waals surface area contributed by atoms with Crippen molar-refractivity contribution in [2.24, 2.45) is 12.0 Å². The van der Waals surface area contributed by atoms with E-state index in [1.165, 1.54) is 5.56 Å². The molecule has 0 bridgehead atoms. The summed E-state index contributed by atoms with van der Waals surface area (Å²) < 4.78 is 7.07. The first-order valence-electron chi connectivity index (χ1n) is 10.9. The molecule has 33 heavy (non-hydrogen) atoms. The highest BCUT2D eigenvalue weighted by atomic mass is 16.5. The van der Waals surface area contributed by atoms with Gasteiger partial charge in [0.25, 0.3) is 5.91 Å². The van der Waals surface area contributed by atoms with Gasteiger partial charge in [-0.1, -0.05) is 32.9 Å². The number of hydrogen-bond acceptors (Lipinski definition) is 4. The maximum Gasteiger partial charge on any atom is 0.257 e. The lowest BCUT2D eigenvalue weighted by Gasteiger charge is -2.19. The van der Waals surface area contributed by atoms with E-state index in [-0.39, 0.29) is 11.3 Å². The molecule has 0 aliphatic carbocycles. The zero-order valence-corrected chi connectivity index (χ0v) is 20.5. The van der Waals surface area contributed by atoms with Crippen LogP contribution in [0.25, 0.3) is 0 Å². The molecule has 2 N–H and O–H groups in total. The van der Waals surface area contributed by atoms with Crippen LogP contribution in [-0.4, -0.2) is 28.8 Å². The van der Waals surface area contributed by atoms with E-state index in [4.69, 9.17) is 4.74 Å². The van der Waals surface area contributed by atoms with Crippen LogP contribution < -0.4 is 15.4 Å². The number of aromatic nitrogens is 2. The molecule has 1 amide bonds. The van der Waals surface area contributed by atoms with Gasteiger partial charge in [0.2, 0.25) is 5.96 Å². The molecule has 174 valence electrons. The van der Waals surface area contributed by atoms with Gasteiger partial charge in [-0.05, 0) is 61.2 Å². The van der Waals surface area contributed by atoms with Crippen LogP contribution in [0.3, 0.4) is 0 Å². The van der Waals surface area contributed by atoms with E-state index in [1.807, 2.05) is 74.1 Å². The summed E-state index contributed by atoms with van der Waals surface area (Å²) in [7, 11) is 3.54. The molecule has 7 heteroatoms. The highest BCUT2D eigenvalue weighted by molar-refractivity contribution is 6.10. The Balaban J connectivity index is 1.84. The Hall–Kier alpha value is -3.61. The van der Waals surface area contributed by atoms with Gasteiger partial charge < -0.3 is 10.1 Å².